The topological polar surface area (TPSA) is 109 Å². The van der Waals surface area contributed by atoms with E-state index in [1.807, 2.05) is 17.1 Å². The number of carbonyl (C=O) groups excluding carboxylic acids is 3. The average Bonchev–Trinajstić information content (AvgIpc) is 2.91. The molecule has 208 valence electrons. The molecule has 4 rings (SSSR count). The number of halogens is 2. The highest BCUT2D eigenvalue weighted by Crippen LogP contribution is 2.34. The fraction of sp³-hybridized carbons (Fsp3) is 0.393. The highest BCUT2D eigenvalue weighted by molar-refractivity contribution is 5.97. The van der Waals surface area contributed by atoms with Gasteiger partial charge in [-0.1, -0.05) is 24.3 Å². The second-order valence-electron chi connectivity index (χ2n) is 9.54. The maximum atomic E-state index is 13.4. The van der Waals surface area contributed by atoms with Gasteiger partial charge in [0.1, 0.15) is 18.1 Å². The Bertz CT molecular complexity index is 1190. The number of amides is 3. The Morgan fingerprint density at radius 1 is 1.08 bits per heavy atom. The molecule has 0 radical (unpaired) electrons. The number of fused-ring (bicyclic) bond motifs is 1. The summed E-state index contributed by atoms with van der Waals surface area (Å²) in [7, 11) is 0. The third kappa shape index (κ3) is 7.76. The van der Waals surface area contributed by atoms with Gasteiger partial charge in [0, 0.05) is 25.3 Å². The van der Waals surface area contributed by atoms with Crippen LogP contribution >= 0.6 is 0 Å². The monoisotopic (exact) mass is 542 g/mol. The Morgan fingerprint density at radius 3 is 2.64 bits per heavy atom. The second kappa shape index (κ2) is 13.2. The quantitative estimate of drug-likeness (QED) is 0.501. The third-order valence-corrected chi connectivity index (χ3v) is 6.71. The summed E-state index contributed by atoms with van der Waals surface area (Å²) in [6.45, 7) is -1.03. The summed E-state index contributed by atoms with van der Waals surface area (Å²) in [6, 6.07) is 12.7. The second-order valence-corrected chi connectivity index (χ2v) is 9.54. The van der Waals surface area contributed by atoms with Gasteiger partial charge >= 0.3 is 6.61 Å². The lowest BCUT2D eigenvalue weighted by molar-refractivity contribution is -0.135. The van der Waals surface area contributed by atoms with E-state index in [1.165, 1.54) is 24.3 Å². The van der Waals surface area contributed by atoms with Gasteiger partial charge in [0.25, 0.3) is 5.91 Å². The van der Waals surface area contributed by atoms with Crippen LogP contribution in [0.5, 0.6) is 11.5 Å². The summed E-state index contributed by atoms with van der Waals surface area (Å²) in [5, 5.41) is 8.54. The van der Waals surface area contributed by atoms with Crippen LogP contribution in [0, 0.1) is 5.41 Å². The summed E-state index contributed by atoms with van der Waals surface area (Å²) in [5.74, 6) is -0.188. The third-order valence-electron chi connectivity index (χ3n) is 6.71. The molecule has 9 nitrogen and oxygen atoms in total. The first-order valence-electron chi connectivity index (χ1n) is 12.8. The molecular weight excluding hydrogens is 510 g/mol. The molecule has 39 heavy (non-hydrogen) atoms. The minimum atomic E-state index is -2.92. The minimum Gasteiger partial charge on any atom is -0.489 e. The number of likely N-dealkylation sites (tertiary alicyclic amines) is 1. The number of para-hydroxylation sites is 1. The van der Waals surface area contributed by atoms with E-state index < -0.39 is 12.0 Å². The van der Waals surface area contributed by atoms with Crippen LogP contribution in [0.15, 0.2) is 60.7 Å². The van der Waals surface area contributed by atoms with Gasteiger partial charge in [0.05, 0.1) is 17.5 Å². The van der Waals surface area contributed by atoms with Gasteiger partial charge in [-0.15, -0.1) is 0 Å². The van der Waals surface area contributed by atoms with Crippen LogP contribution in [0.3, 0.4) is 0 Å². The molecule has 0 aliphatic carbocycles. The fourth-order valence-electron chi connectivity index (χ4n) is 4.86. The van der Waals surface area contributed by atoms with E-state index in [9.17, 15) is 23.2 Å². The van der Waals surface area contributed by atoms with Crippen molar-refractivity contribution in [2.75, 3.05) is 44.6 Å². The Morgan fingerprint density at radius 2 is 1.85 bits per heavy atom. The highest BCUT2D eigenvalue weighted by atomic mass is 19.3. The summed E-state index contributed by atoms with van der Waals surface area (Å²) >= 11 is 0. The number of nitrogens with zero attached hydrogens (tertiary/aromatic N) is 1. The van der Waals surface area contributed by atoms with Gasteiger partial charge in [-0.05, 0) is 62.2 Å². The van der Waals surface area contributed by atoms with E-state index in [4.69, 9.17) is 4.74 Å². The van der Waals surface area contributed by atoms with E-state index in [1.54, 1.807) is 24.3 Å². The van der Waals surface area contributed by atoms with Crippen molar-refractivity contribution in [3.63, 3.8) is 0 Å². The van der Waals surface area contributed by atoms with Crippen LogP contribution in [-0.4, -0.2) is 68.6 Å². The first-order valence-corrected chi connectivity index (χ1v) is 12.8. The summed E-state index contributed by atoms with van der Waals surface area (Å²) < 4.78 is 34.8. The van der Waals surface area contributed by atoms with Crippen molar-refractivity contribution in [1.29, 1.82) is 0 Å². The van der Waals surface area contributed by atoms with Crippen LogP contribution < -0.4 is 25.4 Å². The van der Waals surface area contributed by atoms with Crippen molar-refractivity contribution in [1.82, 2.24) is 15.5 Å². The zero-order chi connectivity index (χ0) is 27.7. The molecule has 0 saturated carbocycles. The molecule has 0 bridgehead atoms. The summed E-state index contributed by atoms with van der Waals surface area (Å²) in [6.07, 6.45) is 5.61. The highest BCUT2D eigenvalue weighted by Gasteiger charge is 2.41. The molecule has 1 spiro atoms. The lowest BCUT2D eigenvalue weighted by Gasteiger charge is -2.41. The molecule has 2 aromatic rings. The predicted molar refractivity (Wildman–Crippen MR) is 141 cm³/mol. The largest absolute Gasteiger partial charge is 0.489 e. The van der Waals surface area contributed by atoms with Crippen LogP contribution in [0.2, 0.25) is 0 Å². The number of alkyl halides is 2. The molecule has 3 N–H and O–H groups in total. The van der Waals surface area contributed by atoms with Crippen molar-refractivity contribution in [3.8, 4) is 11.5 Å². The molecule has 1 saturated heterocycles. The summed E-state index contributed by atoms with van der Waals surface area (Å²) in [5.41, 5.74) is 0.148. The molecule has 1 atom stereocenters. The Labute approximate surface area is 225 Å². The molecule has 11 heteroatoms. The molecule has 2 aliphatic heterocycles. The van der Waals surface area contributed by atoms with Gasteiger partial charge in [-0.3, -0.25) is 19.3 Å². The Hall–Kier alpha value is -3.99. The molecule has 1 unspecified atom stereocenters. The van der Waals surface area contributed by atoms with Crippen molar-refractivity contribution in [3.05, 3.63) is 66.2 Å². The van der Waals surface area contributed by atoms with Gasteiger partial charge in [-0.2, -0.15) is 8.78 Å². The number of piperidine rings is 1. The number of hydrogen-bond donors (Lipinski definition) is 3. The smallest absolute Gasteiger partial charge is 0.387 e. The lowest BCUT2D eigenvalue weighted by Crippen LogP contribution is -2.53. The van der Waals surface area contributed by atoms with E-state index in [-0.39, 0.29) is 49.7 Å². The number of benzene rings is 2. The summed E-state index contributed by atoms with van der Waals surface area (Å²) in [4.78, 5) is 40.6. The van der Waals surface area contributed by atoms with E-state index in [2.05, 4.69) is 20.7 Å². The van der Waals surface area contributed by atoms with Crippen LogP contribution in [-0.2, 0) is 9.59 Å². The number of ether oxygens (including phenoxy) is 2. The van der Waals surface area contributed by atoms with Gasteiger partial charge in [0.15, 0.2) is 0 Å². The molecule has 2 heterocycles. The number of carbonyl (C=O) groups is 3. The van der Waals surface area contributed by atoms with E-state index >= 15 is 0 Å². The van der Waals surface area contributed by atoms with Crippen LogP contribution in [0.25, 0.3) is 0 Å². The zero-order valence-electron chi connectivity index (χ0n) is 21.5. The van der Waals surface area contributed by atoms with E-state index in [0.717, 1.165) is 6.42 Å². The zero-order valence-corrected chi connectivity index (χ0v) is 21.5. The Kier molecular flexibility index (Phi) is 9.48. The maximum Gasteiger partial charge on any atom is 0.387 e. The Balaban J connectivity index is 1.39. The first-order chi connectivity index (χ1) is 18.8. The van der Waals surface area contributed by atoms with Crippen molar-refractivity contribution in [2.45, 2.75) is 25.9 Å². The predicted octanol–water partition coefficient (Wildman–Crippen LogP) is 3.19. The number of hydrogen-bond acceptors (Lipinski definition) is 6. The van der Waals surface area contributed by atoms with Gasteiger partial charge in [0.2, 0.25) is 11.8 Å². The minimum absolute atomic E-state index is 0.00282. The fourth-order valence-corrected chi connectivity index (χ4v) is 4.86. The van der Waals surface area contributed by atoms with Crippen LogP contribution in [0.1, 0.15) is 29.6 Å². The standard InChI is InChI=1S/C28H32F2N4O5/c29-27(30)39-21-10-8-20(9-11-21)33-24(35)18-34-16-5-13-28(19-34)12-3-4-17-38-23-7-2-1-6-22(23)25(36)31-14-15-32-26(28)37/h1-4,6-11,27H,5,12-19H2,(H,31,36)(H,32,37)(H,33,35)/b4-3-. The van der Waals surface area contributed by atoms with Gasteiger partial charge < -0.3 is 25.4 Å². The van der Waals surface area contributed by atoms with Crippen molar-refractivity contribution in [2.24, 2.45) is 5.41 Å². The number of allylic oxidation sites excluding steroid dienone is 1. The molecule has 3 amide bonds. The van der Waals surface area contributed by atoms with Crippen molar-refractivity contribution < 1.29 is 32.6 Å². The number of rotatable bonds is 5. The SMILES string of the molecule is O=C(CN1CCCC2(C/C=C\COc3ccccc3C(=O)NCCNC2=O)C1)Nc1ccc(OC(F)F)cc1. The normalized spacial score (nSPS) is 21.6. The molecular formula is C28H32F2N4O5. The van der Waals surface area contributed by atoms with Gasteiger partial charge in [-0.25, -0.2) is 0 Å². The molecule has 1 fully saturated rings. The van der Waals surface area contributed by atoms with Crippen molar-refractivity contribution >= 4 is 23.4 Å². The maximum absolute atomic E-state index is 13.4. The first kappa shape index (κ1) is 28.0. The lowest BCUT2D eigenvalue weighted by atomic mass is 9.76. The number of anilines is 1. The molecule has 2 aromatic carbocycles. The molecule has 0 aromatic heterocycles. The average molecular weight is 543 g/mol. The molecule has 2 aliphatic rings. The number of nitrogens with one attached hydrogen (secondary N) is 3. The van der Waals surface area contributed by atoms with E-state index in [0.29, 0.717) is 42.9 Å². The van der Waals surface area contributed by atoms with Crippen LogP contribution in [0.4, 0.5) is 14.5 Å².